The second kappa shape index (κ2) is 7.55. The summed E-state index contributed by atoms with van der Waals surface area (Å²) in [5.41, 5.74) is 1.84. The highest BCUT2D eigenvalue weighted by Gasteiger charge is 2.35. The zero-order valence-electron chi connectivity index (χ0n) is 17.0. The third kappa shape index (κ3) is 3.11. The molecule has 0 spiro atoms. The van der Waals surface area contributed by atoms with Crippen LogP contribution in [-0.2, 0) is 9.59 Å². The van der Waals surface area contributed by atoms with Gasteiger partial charge in [-0.1, -0.05) is 54.6 Å². The third-order valence-corrected chi connectivity index (χ3v) is 5.78. The normalized spacial score (nSPS) is 15.6. The van der Waals surface area contributed by atoms with Gasteiger partial charge in [0, 0.05) is 29.5 Å². The highest BCUT2D eigenvalue weighted by Crippen LogP contribution is 2.31. The van der Waals surface area contributed by atoms with Crippen molar-refractivity contribution in [3.63, 3.8) is 0 Å². The molecule has 1 saturated heterocycles. The topological polar surface area (TPSA) is 71.4 Å². The van der Waals surface area contributed by atoms with E-state index in [0.717, 1.165) is 16.2 Å². The summed E-state index contributed by atoms with van der Waals surface area (Å²) in [6.07, 6.45) is 3.15. The van der Waals surface area contributed by atoms with Crippen molar-refractivity contribution in [2.24, 2.45) is 0 Å². The number of anilines is 1. The lowest BCUT2D eigenvalue weighted by atomic mass is 10.0. The van der Waals surface area contributed by atoms with Gasteiger partial charge in [-0.15, -0.1) is 0 Å². The van der Waals surface area contributed by atoms with E-state index in [1.54, 1.807) is 12.3 Å². The van der Waals surface area contributed by atoms with Gasteiger partial charge in [0.05, 0.1) is 11.2 Å². The minimum Gasteiger partial charge on any atom is -0.298 e. The summed E-state index contributed by atoms with van der Waals surface area (Å²) in [6, 6.07) is 20.6. The van der Waals surface area contributed by atoms with Gasteiger partial charge in [-0.05, 0) is 35.8 Å². The first-order valence-electron chi connectivity index (χ1n) is 9.96. The second-order valence-corrected chi connectivity index (χ2v) is 7.83. The fraction of sp³-hybridized carbons (Fsp3) is 0.0400. The van der Waals surface area contributed by atoms with Gasteiger partial charge in [0.25, 0.3) is 11.8 Å². The van der Waals surface area contributed by atoms with E-state index < -0.39 is 11.8 Å². The van der Waals surface area contributed by atoms with Gasteiger partial charge in [0.15, 0.2) is 5.11 Å². The number of carbonyl (C=O) groups excluding carboxylic acids is 3. The molecule has 156 valence electrons. The van der Waals surface area contributed by atoms with Gasteiger partial charge in [-0.25, -0.2) is 0 Å². The molecule has 6 nitrogen and oxygen atoms in total. The van der Waals surface area contributed by atoms with Crippen LogP contribution in [0.25, 0.3) is 27.8 Å². The average Bonchev–Trinajstić information content (AvgIpc) is 3.15. The number of benzene rings is 3. The Labute approximate surface area is 188 Å². The Balaban J connectivity index is 1.66. The summed E-state index contributed by atoms with van der Waals surface area (Å²) in [5.74, 6) is -1.25. The number of nitrogens with one attached hydrogen (secondary N) is 1. The molecule has 1 N–H and O–H groups in total. The average molecular weight is 439 g/mol. The van der Waals surface area contributed by atoms with Crippen molar-refractivity contribution < 1.29 is 14.4 Å². The molecular formula is C25H17N3O3S. The van der Waals surface area contributed by atoms with Crippen LogP contribution in [0.4, 0.5) is 5.69 Å². The first-order chi connectivity index (χ1) is 15.5. The van der Waals surface area contributed by atoms with Crippen molar-refractivity contribution in [3.05, 3.63) is 84.1 Å². The molecule has 0 unspecified atom stereocenters. The highest BCUT2D eigenvalue weighted by molar-refractivity contribution is 7.80. The van der Waals surface area contributed by atoms with Gasteiger partial charge in [0.2, 0.25) is 5.91 Å². The van der Waals surface area contributed by atoms with Gasteiger partial charge >= 0.3 is 0 Å². The van der Waals surface area contributed by atoms with Crippen LogP contribution >= 0.6 is 12.2 Å². The lowest BCUT2D eigenvalue weighted by molar-refractivity contribution is -0.122. The number of thiocarbonyl (C=S) groups is 1. The Morgan fingerprint density at radius 3 is 2.41 bits per heavy atom. The van der Waals surface area contributed by atoms with Crippen LogP contribution in [0.15, 0.2) is 78.5 Å². The van der Waals surface area contributed by atoms with Crippen molar-refractivity contribution in [2.75, 3.05) is 4.90 Å². The summed E-state index contributed by atoms with van der Waals surface area (Å²) in [7, 11) is 0. The number of hydrogen-bond acceptors (Lipinski definition) is 4. The summed E-state index contributed by atoms with van der Waals surface area (Å²) < 4.78 is 1.50. The van der Waals surface area contributed by atoms with Crippen molar-refractivity contribution in [2.45, 2.75) is 6.92 Å². The van der Waals surface area contributed by atoms with Crippen molar-refractivity contribution >= 4 is 68.5 Å². The molecule has 1 fully saturated rings. The molecule has 3 aromatic carbocycles. The molecule has 0 aliphatic carbocycles. The van der Waals surface area contributed by atoms with E-state index in [1.807, 2.05) is 60.7 Å². The van der Waals surface area contributed by atoms with Gasteiger partial charge in [-0.3, -0.25) is 29.2 Å². The Bertz CT molecular complexity index is 1490. The molecule has 0 saturated carbocycles. The predicted octanol–water partition coefficient (Wildman–Crippen LogP) is 4.29. The summed E-state index contributed by atoms with van der Waals surface area (Å²) in [6.45, 7) is 1.46. The molecule has 2 amide bonds. The van der Waals surface area contributed by atoms with E-state index >= 15 is 0 Å². The molecule has 7 heteroatoms. The molecule has 0 bridgehead atoms. The Kier molecular flexibility index (Phi) is 4.68. The smallest absolute Gasteiger partial charge is 0.270 e. The molecule has 1 aliphatic heterocycles. The number of aromatic nitrogens is 1. The number of rotatable bonds is 2. The van der Waals surface area contributed by atoms with Crippen LogP contribution in [0.5, 0.6) is 0 Å². The molecule has 1 aliphatic rings. The lowest BCUT2D eigenvalue weighted by Gasteiger charge is -2.29. The first-order valence-corrected chi connectivity index (χ1v) is 10.4. The van der Waals surface area contributed by atoms with E-state index in [-0.39, 0.29) is 16.6 Å². The standard InChI is InChI=1S/C25H17N3O3S/c1-15(29)27-14-17(19-10-4-5-11-21(19)27)13-20-23(30)26-25(32)28(24(20)31)22-12-6-8-16-7-2-3-9-18(16)22/h2-14H,1H3,(H,26,30,32)/b20-13+. The molecule has 32 heavy (non-hydrogen) atoms. The lowest BCUT2D eigenvalue weighted by Crippen LogP contribution is -2.54. The molecule has 1 aromatic heterocycles. The number of fused-ring (bicyclic) bond motifs is 2. The van der Waals surface area contributed by atoms with Crippen LogP contribution in [0.1, 0.15) is 17.3 Å². The van der Waals surface area contributed by atoms with Crippen LogP contribution < -0.4 is 10.2 Å². The largest absolute Gasteiger partial charge is 0.298 e. The van der Waals surface area contributed by atoms with Crippen LogP contribution in [0.3, 0.4) is 0 Å². The van der Waals surface area contributed by atoms with Gasteiger partial charge in [0.1, 0.15) is 5.57 Å². The number of hydrogen-bond donors (Lipinski definition) is 1. The maximum atomic E-state index is 13.5. The quantitative estimate of drug-likeness (QED) is 0.287. The number of para-hydroxylation sites is 1. The Morgan fingerprint density at radius 1 is 0.938 bits per heavy atom. The Morgan fingerprint density at radius 2 is 1.62 bits per heavy atom. The molecule has 2 heterocycles. The van der Waals surface area contributed by atoms with E-state index in [0.29, 0.717) is 16.8 Å². The van der Waals surface area contributed by atoms with Crippen LogP contribution in [0, 0.1) is 0 Å². The summed E-state index contributed by atoms with van der Waals surface area (Å²) in [5, 5.41) is 5.21. The first kappa shape index (κ1) is 19.8. The minimum atomic E-state index is -0.573. The second-order valence-electron chi connectivity index (χ2n) is 7.45. The van der Waals surface area contributed by atoms with Crippen molar-refractivity contribution in [1.82, 2.24) is 9.88 Å². The van der Waals surface area contributed by atoms with E-state index in [1.165, 1.54) is 22.5 Å². The zero-order chi connectivity index (χ0) is 22.4. The minimum absolute atomic E-state index is 0.0275. The molecule has 4 aromatic rings. The molecule has 0 atom stereocenters. The maximum absolute atomic E-state index is 13.5. The number of amides is 2. The van der Waals surface area contributed by atoms with Gasteiger partial charge in [-0.2, -0.15) is 0 Å². The fourth-order valence-corrected chi connectivity index (χ4v) is 4.29. The zero-order valence-corrected chi connectivity index (χ0v) is 17.8. The predicted molar refractivity (Wildman–Crippen MR) is 128 cm³/mol. The maximum Gasteiger partial charge on any atom is 0.270 e. The third-order valence-electron chi connectivity index (χ3n) is 5.49. The SMILES string of the molecule is CC(=O)n1cc(/C=C2\C(=O)NC(=S)N(c3cccc4ccccc34)C2=O)c2ccccc21. The monoisotopic (exact) mass is 439 g/mol. The molecule has 0 radical (unpaired) electrons. The van der Waals surface area contributed by atoms with Crippen LogP contribution in [0.2, 0.25) is 0 Å². The number of carbonyl (C=O) groups is 3. The highest BCUT2D eigenvalue weighted by atomic mass is 32.1. The summed E-state index contributed by atoms with van der Waals surface area (Å²) >= 11 is 5.36. The van der Waals surface area contributed by atoms with Gasteiger partial charge < -0.3 is 0 Å². The van der Waals surface area contributed by atoms with Crippen LogP contribution in [-0.4, -0.2) is 27.4 Å². The van der Waals surface area contributed by atoms with E-state index in [9.17, 15) is 14.4 Å². The van der Waals surface area contributed by atoms with Crippen molar-refractivity contribution in [1.29, 1.82) is 0 Å². The van der Waals surface area contributed by atoms with E-state index in [4.69, 9.17) is 12.2 Å². The Hall–Kier alpha value is -4.10. The van der Waals surface area contributed by atoms with Crippen molar-refractivity contribution in [3.8, 4) is 0 Å². The fourth-order valence-electron chi connectivity index (χ4n) is 4.02. The number of nitrogens with zero attached hydrogens (tertiary/aromatic N) is 2. The summed E-state index contributed by atoms with van der Waals surface area (Å²) in [4.78, 5) is 39.7. The van der Waals surface area contributed by atoms with E-state index in [2.05, 4.69) is 5.32 Å². The molecule has 5 rings (SSSR count). The molecular weight excluding hydrogens is 422 g/mol.